The normalized spacial score (nSPS) is 10.2. The summed E-state index contributed by atoms with van der Waals surface area (Å²) < 4.78 is 4.63. The van der Waals surface area contributed by atoms with Crippen LogP contribution in [0.5, 0.6) is 0 Å². The van der Waals surface area contributed by atoms with E-state index < -0.39 is 0 Å². The van der Waals surface area contributed by atoms with Crippen LogP contribution in [-0.4, -0.2) is 24.6 Å². The number of hydrogen-bond acceptors (Lipinski definition) is 4. The van der Waals surface area contributed by atoms with Gasteiger partial charge in [-0.05, 0) is 18.2 Å². The van der Waals surface area contributed by atoms with Gasteiger partial charge in [-0.2, -0.15) is 0 Å². The number of methoxy groups -OCH3 is 1. The van der Waals surface area contributed by atoms with Gasteiger partial charge in [-0.1, -0.05) is 13.8 Å². The van der Waals surface area contributed by atoms with Crippen molar-refractivity contribution in [2.24, 2.45) is 0 Å². The lowest BCUT2D eigenvalue weighted by Gasteiger charge is -2.09. The molecule has 0 heterocycles. The molecular formula is C12H14O3S. The summed E-state index contributed by atoms with van der Waals surface area (Å²) in [6.07, 6.45) is 0.797. The van der Waals surface area contributed by atoms with E-state index in [1.54, 1.807) is 30.0 Å². The maximum absolute atomic E-state index is 11.3. The van der Waals surface area contributed by atoms with Gasteiger partial charge in [0.2, 0.25) is 0 Å². The van der Waals surface area contributed by atoms with Gasteiger partial charge in [-0.25, -0.2) is 4.79 Å². The maximum atomic E-state index is 11.3. The number of hydrogen-bond donors (Lipinski definition) is 0. The number of ether oxygens (including phenoxy) is 1. The van der Waals surface area contributed by atoms with E-state index in [2.05, 4.69) is 4.74 Å². The number of carbonyl (C=O) groups is 2. The zero-order chi connectivity index (χ0) is 12.1. The first kappa shape index (κ1) is 12.8. The molecule has 0 unspecified atom stereocenters. The zero-order valence-corrected chi connectivity index (χ0v) is 10.3. The van der Waals surface area contributed by atoms with Crippen LogP contribution in [0.3, 0.4) is 0 Å². The van der Waals surface area contributed by atoms with Crippen LogP contribution < -0.4 is 0 Å². The van der Waals surface area contributed by atoms with Crippen LogP contribution in [0, 0.1) is 0 Å². The number of benzene rings is 1. The molecule has 16 heavy (non-hydrogen) atoms. The second kappa shape index (κ2) is 5.70. The highest BCUT2D eigenvalue weighted by molar-refractivity contribution is 8.00. The van der Waals surface area contributed by atoms with E-state index in [0.717, 1.165) is 11.2 Å². The number of rotatable bonds is 4. The molecule has 0 saturated carbocycles. The first-order chi connectivity index (χ1) is 7.58. The van der Waals surface area contributed by atoms with Crippen molar-refractivity contribution < 1.29 is 14.3 Å². The van der Waals surface area contributed by atoms with Crippen LogP contribution in [-0.2, 0) is 4.74 Å². The smallest absolute Gasteiger partial charge is 0.337 e. The van der Waals surface area contributed by atoms with Crippen LogP contribution in [0.25, 0.3) is 0 Å². The Labute approximate surface area is 99.2 Å². The summed E-state index contributed by atoms with van der Waals surface area (Å²) in [5.74, 6) is -0.386. The quantitative estimate of drug-likeness (QED) is 0.459. The predicted octanol–water partition coefficient (Wildman–Crippen LogP) is 2.79. The van der Waals surface area contributed by atoms with Gasteiger partial charge in [0.1, 0.15) is 0 Å². The molecule has 3 nitrogen and oxygen atoms in total. The van der Waals surface area contributed by atoms with Crippen molar-refractivity contribution in [2.75, 3.05) is 7.11 Å². The van der Waals surface area contributed by atoms with Gasteiger partial charge in [0.15, 0.2) is 6.29 Å². The zero-order valence-electron chi connectivity index (χ0n) is 9.52. The molecule has 0 bridgehead atoms. The van der Waals surface area contributed by atoms with Gasteiger partial charge in [0.05, 0.1) is 12.7 Å². The molecule has 4 heteroatoms. The van der Waals surface area contributed by atoms with Crippen LogP contribution >= 0.6 is 11.8 Å². The fraction of sp³-hybridized carbons (Fsp3) is 0.333. The molecule has 0 saturated heterocycles. The van der Waals surface area contributed by atoms with Crippen molar-refractivity contribution in [1.29, 1.82) is 0 Å². The number of carbonyl (C=O) groups excluding carboxylic acids is 2. The van der Waals surface area contributed by atoms with Crippen molar-refractivity contribution in [3.63, 3.8) is 0 Å². The van der Waals surface area contributed by atoms with E-state index in [1.807, 2.05) is 13.8 Å². The summed E-state index contributed by atoms with van der Waals surface area (Å²) in [6, 6.07) is 4.93. The summed E-state index contributed by atoms with van der Waals surface area (Å²) >= 11 is 1.55. The summed E-state index contributed by atoms with van der Waals surface area (Å²) in [5, 5.41) is 0.353. The first-order valence-corrected chi connectivity index (χ1v) is 5.80. The van der Waals surface area contributed by atoms with Crippen molar-refractivity contribution in [3.8, 4) is 0 Å². The van der Waals surface area contributed by atoms with E-state index in [9.17, 15) is 9.59 Å². The van der Waals surface area contributed by atoms with E-state index in [0.29, 0.717) is 16.4 Å². The molecule has 0 aliphatic rings. The molecule has 1 aromatic carbocycles. The van der Waals surface area contributed by atoms with Crippen molar-refractivity contribution in [1.82, 2.24) is 0 Å². The maximum Gasteiger partial charge on any atom is 0.337 e. The van der Waals surface area contributed by atoms with Crippen molar-refractivity contribution in [2.45, 2.75) is 24.0 Å². The molecular weight excluding hydrogens is 224 g/mol. The van der Waals surface area contributed by atoms with E-state index in [4.69, 9.17) is 0 Å². The molecule has 0 atom stereocenters. The Morgan fingerprint density at radius 1 is 1.44 bits per heavy atom. The minimum atomic E-state index is -0.386. The van der Waals surface area contributed by atoms with E-state index >= 15 is 0 Å². The van der Waals surface area contributed by atoms with Gasteiger partial charge < -0.3 is 4.74 Å². The van der Waals surface area contributed by atoms with E-state index in [-0.39, 0.29) is 5.97 Å². The lowest BCUT2D eigenvalue weighted by molar-refractivity contribution is 0.0600. The lowest BCUT2D eigenvalue weighted by Crippen LogP contribution is -2.02. The molecule has 0 aromatic heterocycles. The van der Waals surface area contributed by atoms with Crippen molar-refractivity contribution >= 4 is 24.0 Å². The highest BCUT2D eigenvalue weighted by atomic mass is 32.2. The van der Waals surface area contributed by atoms with Gasteiger partial charge in [-0.15, -0.1) is 11.8 Å². The first-order valence-electron chi connectivity index (χ1n) is 4.92. The Balaban J connectivity index is 3.10. The molecule has 0 N–H and O–H groups in total. The largest absolute Gasteiger partial charge is 0.465 e. The number of aldehydes is 1. The summed E-state index contributed by atoms with van der Waals surface area (Å²) in [7, 11) is 1.34. The Morgan fingerprint density at radius 2 is 2.12 bits per heavy atom. The third-order valence-corrected chi connectivity index (χ3v) is 3.00. The second-order valence-corrected chi connectivity index (χ2v) is 5.15. The molecule has 0 radical (unpaired) electrons. The Hall–Kier alpha value is -1.29. The molecule has 0 fully saturated rings. The molecule has 1 aromatic rings. The summed E-state index contributed by atoms with van der Waals surface area (Å²) in [5.41, 5.74) is 1.07. The number of esters is 1. The minimum absolute atomic E-state index is 0.353. The third kappa shape index (κ3) is 3.10. The average molecular weight is 238 g/mol. The SMILES string of the molecule is COC(=O)c1ccc(C=O)c(SC(C)C)c1. The standard InChI is InChI=1S/C12H14O3S/c1-8(2)16-11-6-9(12(14)15-3)4-5-10(11)7-13/h4-8H,1-3H3. The molecule has 0 aliphatic carbocycles. The summed E-state index contributed by atoms with van der Waals surface area (Å²) in [6.45, 7) is 4.06. The van der Waals surface area contributed by atoms with Gasteiger partial charge in [-0.3, -0.25) is 4.79 Å². The average Bonchev–Trinajstić information content (AvgIpc) is 2.27. The highest BCUT2D eigenvalue weighted by Crippen LogP contribution is 2.27. The van der Waals surface area contributed by atoms with Crippen molar-refractivity contribution in [3.05, 3.63) is 29.3 Å². The lowest BCUT2D eigenvalue weighted by atomic mass is 10.1. The molecule has 0 spiro atoms. The predicted molar refractivity (Wildman–Crippen MR) is 64.2 cm³/mol. The fourth-order valence-electron chi connectivity index (χ4n) is 1.23. The Morgan fingerprint density at radius 3 is 2.62 bits per heavy atom. The molecule has 0 amide bonds. The number of thioether (sulfide) groups is 1. The second-order valence-electron chi connectivity index (χ2n) is 3.53. The third-order valence-electron chi connectivity index (χ3n) is 1.92. The fourth-order valence-corrected chi connectivity index (χ4v) is 2.19. The molecule has 1 rings (SSSR count). The minimum Gasteiger partial charge on any atom is -0.465 e. The Bertz CT molecular complexity index is 399. The monoisotopic (exact) mass is 238 g/mol. The van der Waals surface area contributed by atoms with Crippen LogP contribution in [0.2, 0.25) is 0 Å². The van der Waals surface area contributed by atoms with Gasteiger partial charge in [0.25, 0.3) is 0 Å². The topological polar surface area (TPSA) is 43.4 Å². The highest BCUT2D eigenvalue weighted by Gasteiger charge is 2.10. The van der Waals surface area contributed by atoms with Crippen LogP contribution in [0.1, 0.15) is 34.6 Å². The van der Waals surface area contributed by atoms with Gasteiger partial charge in [0, 0.05) is 15.7 Å². The molecule has 0 aliphatic heterocycles. The molecule has 86 valence electrons. The van der Waals surface area contributed by atoms with Crippen LogP contribution in [0.4, 0.5) is 0 Å². The van der Waals surface area contributed by atoms with Gasteiger partial charge >= 0.3 is 5.97 Å². The Kier molecular flexibility index (Phi) is 4.55. The van der Waals surface area contributed by atoms with Crippen LogP contribution in [0.15, 0.2) is 23.1 Å². The van der Waals surface area contributed by atoms with E-state index in [1.165, 1.54) is 7.11 Å². The summed E-state index contributed by atoms with van der Waals surface area (Å²) in [4.78, 5) is 23.0.